The lowest BCUT2D eigenvalue weighted by Gasteiger charge is -2.39. The van der Waals surface area contributed by atoms with Crippen molar-refractivity contribution in [1.82, 2.24) is 4.90 Å². The van der Waals surface area contributed by atoms with Gasteiger partial charge in [0.2, 0.25) is 17.7 Å². The second-order valence-electron chi connectivity index (χ2n) is 14.3. The molecule has 286 valence electrons. The fraction of sp³-hybridized carbons (Fsp3) is 0.366. The Morgan fingerprint density at radius 3 is 2.05 bits per heavy atom. The summed E-state index contributed by atoms with van der Waals surface area (Å²) in [4.78, 5) is 81.9. The predicted molar refractivity (Wildman–Crippen MR) is 198 cm³/mol. The van der Waals surface area contributed by atoms with Gasteiger partial charge in [-0.1, -0.05) is 55.5 Å². The van der Waals surface area contributed by atoms with Crippen LogP contribution in [-0.2, 0) is 63.4 Å². The molecule has 0 aliphatic carbocycles. The summed E-state index contributed by atoms with van der Waals surface area (Å²) in [6.45, 7) is 4.41. The van der Waals surface area contributed by atoms with Crippen LogP contribution in [0.4, 0.5) is 17.1 Å². The quantitative estimate of drug-likeness (QED) is 0.168. The van der Waals surface area contributed by atoms with Crippen LogP contribution in [0.25, 0.3) is 0 Å². The number of fused-ring (bicyclic) bond motifs is 2. The van der Waals surface area contributed by atoms with E-state index in [-0.39, 0.29) is 61.7 Å². The Labute approximate surface area is 317 Å². The molecule has 2 fully saturated rings. The highest BCUT2D eigenvalue weighted by Crippen LogP contribution is 2.48. The summed E-state index contributed by atoms with van der Waals surface area (Å²) < 4.78 is 10.5. The predicted octanol–water partition coefficient (Wildman–Crippen LogP) is 3.20. The first-order valence-corrected chi connectivity index (χ1v) is 18.2. The van der Waals surface area contributed by atoms with Gasteiger partial charge in [0.25, 0.3) is 5.91 Å². The number of hydrogen-bond acceptors (Lipinski definition) is 10. The lowest BCUT2D eigenvalue weighted by Crippen LogP contribution is -2.55. The van der Waals surface area contributed by atoms with Crippen LogP contribution < -0.4 is 14.7 Å². The Morgan fingerprint density at radius 1 is 0.855 bits per heavy atom. The summed E-state index contributed by atoms with van der Waals surface area (Å²) in [6, 6.07) is 19.1. The van der Waals surface area contributed by atoms with Gasteiger partial charge in [-0.05, 0) is 53.4 Å². The Balaban J connectivity index is 1.14. The molecule has 3 aromatic carbocycles. The smallest absolute Gasteiger partial charge is 0.304 e. The molecule has 0 radical (unpaired) electrons. The third-order valence-corrected chi connectivity index (χ3v) is 10.8. The molecule has 14 nitrogen and oxygen atoms in total. The summed E-state index contributed by atoms with van der Waals surface area (Å²) in [5.74, 6) is -3.22. The molecule has 0 spiro atoms. The second kappa shape index (κ2) is 14.8. The maximum absolute atomic E-state index is 14.4. The molecule has 55 heavy (non-hydrogen) atoms. The van der Waals surface area contributed by atoms with E-state index in [0.29, 0.717) is 35.6 Å². The van der Waals surface area contributed by atoms with Crippen molar-refractivity contribution in [1.29, 1.82) is 0 Å². The monoisotopic (exact) mass is 750 g/mol. The number of esters is 2. The number of β-lactam (4-membered cyclic amide) rings is 2. The minimum atomic E-state index is -2.12. The number of ether oxygens (including phenoxy) is 2. The second-order valence-corrected chi connectivity index (χ2v) is 14.3. The Bertz CT molecular complexity index is 2100. The van der Waals surface area contributed by atoms with Crippen LogP contribution >= 0.6 is 0 Å². The minimum absolute atomic E-state index is 0.000453. The van der Waals surface area contributed by atoms with Gasteiger partial charge in [0, 0.05) is 49.7 Å². The van der Waals surface area contributed by atoms with E-state index >= 15 is 0 Å². The average Bonchev–Trinajstić information content (AvgIpc) is 3.35. The maximum Gasteiger partial charge on any atom is 0.304 e. The number of nitrogens with zero attached hydrogens (tertiary/aromatic N) is 4. The molecule has 3 aromatic rings. The molecule has 2 unspecified atom stereocenters. The SMILES string of the molecule is CC(=O)OC1CC(=O)N1c1ccc(CN2C(=O)[C@@](O)([C@@H](C)/C=C/CC(=O)N3Cc4ccccc4C[C@H]3CO)c3cc(N4C(=O)CC4OC(C)=O)ccc32)cc1. The molecule has 5 atom stereocenters. The number of carbonyl (C=O) groups is 6. The van der Waals surface area contributed by atoms with E-state index in [1.807, 2.05) is 24.3 Å². The Hall–Kier alpha value is -5.86. The number of benzene rings is 3. The van der Waals surface area contributed by atoms with Gasteiger partial charge in [0.1, 0.15) is 0 Å². The van der Waals surface area contributed by atoms with Crippen LogP contribution in [0.2, 0.25) is 0 Å². The Morgan fingerprint density at radius 2 is 1.45 bits per heavy atom. The van der Waals surface area contributed by atoms with Crippen molar-refractivity contribution >= 4 is 52.6 Å². The third-order valence-electron chi connectivity index (χ3n) is 10.8. The van der Waals surface area contributed by atoms with Crippen molar-refractivity contribution in [3.63, 3.8) is 0 Å². The number of anilines is 3. The van der Waals surface area contributed by atoms with Gasteiger partial charge in [-0.25, -0.2) is 0 Å². The van der Waals surface area contributed by atoms with Crippen LogP contribution in [0.5, 0.6) is 0 Å². The van der Waals surface area contributed by atoms with Gasteiger partial charge in [-0.3, -0.25) is 38.6 Å². The topological polar surface area (TPSA) is 174 Å². The number of aliphatic hydroxyl groups excluding tert-OH is 1. The molecule has 4 amide bonds. The van der Waals surface area contributed by atoms with Crippen molar-refractivity contribution in [3.05, 3.63) is 101 Å². The molecule has 7 rings (SSSR count). The van der Waals surface area contributed by atoms with E-state index in [1.54, 1.807) is 66.4 Å². The standard InChI is InChI=1S/C41H42N4O10/c1-24(7-6-10-35(49)42-22-29-9-5-4-8-28(29)17-32(42)23-46)41(53)33-18-31(45-37(51)20-39(45)55-26(3)48)15-16-34(33)43(40(41)52)21-27-11-13-30(14-12-27)44-36(50)19-38(44)54-25(2)47/h4-9,11-16,18,24,32,38-39,46,53H,10,17,19-23H2,1-3H3/b7-6+/t24-,32-,38?,39?,41+/m0/s1. The zero-order chi connectivity index (χ0) is 39.2. The van der Waals surface area contributed by atoms with Gasteiger partial charge < -0.3 is 29.5 Å². The van der Waals surface area contributed by atoms with Crippen LogP contribution in [0.1, 0.15) is 62.3 Å². The number of aliphatic hydroxyl groups is 2. The van der Waals surface area contributed by atoms with Crippen molar-refractivity contribution in [3.8, 4) is 0 Å². The molecule has 0 saturated carbocycles. The molecule has 4 aliphatic rings. The van der Waals surface area contributed by atoms with Crippen LogP contribution in [-0.4, -0.2) is 75.8 Å². The van der Waals surface area contributed by atoms with Crippen molar-refractivity contribution in [2.75, 3.05) is 21.3 Å². The molecule has 4 heterocycles. The van der Waals surface area contributed by atoms with Crippen molar-refractivity contribution < 1.29 is 48.5 Å². The summed E-state index contributed by atoms with van der Waals surface area (Å²) in [7, 11) is 0. The van der Waals surface area contributed by atoms with E-state index in [9.17, 15) is 39.0 Å². The molecular weight excluding hydrogens is 708 g/mol. The molecule has 0 aromatic heterocycles. The molecule has 14 heteroatoms. The van der Waals surface area contributed by atoms with Crippen molar-refractivity contribution in [2.45, 2.75) is 83.6 Å². The fourth-order valence-corrected chi connectivity index (χ4v) is 7.83. The van der Waals surface area contributed by atoms with Crippen LogP contribution in [0.15, 0.2) is 78.9 Å². The zero-order valence-corrected chi connectivity index (χ0v) is 30.7. The average molecular weight is 751 g/mol. The maximum atomic E-state index is 14.4. The largest absolute Gasteiger partial charge is 0.441 e. The van der Waals surface area contributed by atoms with E-state index in [0.717, 1.165) is 11.1 Å². The number of carbonyl (C=O) groups excluding carboxylic acids is 6. The third kappa shape index (κ3) is 6.87. The highest BCUT2D eigenvalue weighted by atomic mass is 16.6. The van der Waals surface area contributed by atoms with E-state index in [4.69, 9.17) is 9.47 Å². The van der Waals surface area contributed by atoms with Crippen LogP contribution in [0.3, 0.4) is 0 Å². The summed E-state index contributed by atoms with van der Waals surface area (Å²) in [5.41, 5.74) is 2.17. The van der Waals surface area contributed by atoms with E-state index in [1.165, 1.54) is 28.5 Å². The first kappa shape index (κ1) is 37.5. The van der Waals surface area contributed by atoms with Gasteiger partial charge in [-0.2, -0.15) is 0 Å². The lowest BCUT2D eigenvalue weighted by atomic mass is 9.82. The molecular formula is C41H42N4O10. The first-order valence-electron chi connectivity index (χ1n) is 18.2. The Kier molecular flexibility index (Phi) is 10.1. The first-order chi connectivity index (χ1) is 26.3. The normalized spacial score (nSPS) is 23.6. The number of hydrogen-bond donors (Lipinski definition) is 2. The zero-order valence-electron chi connectivity index (χ0n) is 30.7. The minimum Gasteiger partial charge on any atom is -0.441 e. The summed E-state index contributed by atoms with van der Waals surface area (Å²) >= 11 is 0. The highest BCUT2D eigenvalue weighted by Gasteiger charge is 2.53. The van der Waals surface area contributed by atoms with Gasteiger partial charge in [0.15, 0.2) is 18.1 Å². The van der Waals surface area contributed by atoms with Gasteiger partial charge in [0.05, 0.1) is 37.7 Å². The summed E-state index contributed by atoms with van der Waals surface area (Å²) in [5, 5.41) is 22.5. The molecule has 0 bridgehead atoms. The van der Waals surface area contributed by atoms with Crippen LogP contribution in [0, 0.1) is 5.92 Å². The molecule has 2 N–H and O–H groups in total. The fourth-order valence-electron chi connectivity index (χ4n) is 7.83. The summed E-state index contributed by atoms with van der Waals surface area (Å²) in [6.07, 6.45) is 2.32. The molecule has 2 saturated heterocycles. The number of amides is 4. The molecule has 4 aliphatic heterocycles. The van der Waals surface area contributed by atoms with Crippen molar-refractivity contribution in [2.24, 2.45) is 5.92 Å². The lowest BCUT2D eigenvalue weighted by molar-refractivity contribution is -0.155. The van der Waals surface area contributed by atoms with E-state index < -0.39 is 41.8 Å². The van der Waals surface area contributed by atoms with Gasteiger partial charge >= 0.3 is 11.9 Å². The highest BCUT2D eigenvalue weighted by molar-refractivity contribution is 6.08. The van der Waals surface area contributed by atoms with E-state index in [2.05, 4.69) is 0 Å². The number of rotatable bonds is 11. The van der Waals surface area contributed by atoms with Gasteiger partial charge in [-0.15, -0.1) is 0 Å².